The maximum absolute atomic E-state index is 11.7. The van der Waals surface area contributed by atoms with E-state index in [-0.39, 0.29) is 5.91 Å². The number of amides is 1. The highest BCUT2D eigenvalue weighted by atomic mass is 35.5. The Balaban J connectivity index is 2.21. The van der Waals surface area contributed by atoms with Gasteiger partial charge < -0.3 is 0 Å². The van der Waals surface area contributed by atoms with Crippen molar-refractivity contribution in [2.75, 3.05) is 17.2 Å². The van der Waals surface area contributed by atoms with Gasteiger partial charge in [-0.05, 0) is 18.6 Å². The molecule has 1 saturated heterocycles. The van der Waals surface area contributed by atoms with E-state index >= 15 is 0 Å². The third kappa shape index (κ3) is 2.14. The standard InChI is InChI=1S/C9H11ClN2OS2/c1-5-8(10)15-9(11-5)12-3-6(4-14)2-7(12)13/h6,14H,2-4H2,1H3. The van der Waals surface area contributed by atoms with Gasteiger partial charge in [0.25, 0.3) is 0 Å². The van der Waals surface area contributed by atoms with Crippen LogP contribution in [0.3, 0.4) is 0 Å². The Kier molecular flexibility index (Phi) is 3.23. The van der Waals surface area contributed by atoms with Crippen molar-refractivity contribution in [3.05, 3.63) is 10.0 Å². The summed E-state index contributed by atoms with van der Waals surface area (Å²) in [7, 11) is 0. The highest BCUT2D eigenvalue weighted by Gasteiger charge is 2.31. The molecule has 1 aromatic rings. The molecule has 1 aromatic heterocycles. The number of aryl methyl sites for hydroxylation is 1. The minimum atomic E-state index is 0.125. The second kappa shape index (κ2) is 4.31. The molecule has 0 spiro atoms. The van der Waals surface area contributed by atoms with Crippen LogP contribution >= 0.6 is 35.6 Å². The Morgan fingerprint density at radius 3 is 2.93 bits per heavy atom. The average molecular weight is 263 g/mol. The number of thiol groups is 1. The molecule has 0 bridgehead atoms. The van der Waals surface area contributed by atoms with Gasteiger partial charge in [0.1, 0.15) is 4.34 Å². The van der Waals surface area contributed by atoms with Gasteiger partial charge in [0.2, 0.25) is 5.91 Å². The van der Waals surface area contributed by atoms with Crippen LogP contribution in [0.2, 0.25) is 4.34 Å². The van der Waals surface area contributed by atoms with Crippen LogP contribution < -0.4 is 4.90 Å². The van der Waals surface area contributed by atoms with E-state index in [0.29, 0.717) is 28.4 Å². The van der Waals surface area contributed by atoms with E-state index in [1.54, 1.807) is 4.90 Å². The monoisotopic (exact) mass is 262 g/mol. The maximum atomic E-state index is 11.7. The molecule has 0 N–H and O–H groups in total. The van der Waals surface area contributed by atoms with Gasteiger partial charge in [-0.25, -0.2) is 4.98 Å². The molecule has 6 heteroatoms. The predicted octanol–water partition coefficient (Wildman–Crippen LogP) is 2.39. The van der Waals surface area contributed by atoms with Gasteiger partial charge in [0.15, 0.2) is 5.13 Å². The molecule has 2 heterocycles. The lowest BCUT2D eigenvalue weighted by Gasteiger charge is -2.11. The molecule has 15 heavy (non-hydrogen) atoms. The van der Waals surface area contributed by atoms with Crippen molar-refractivity contribution in [2.24, 2.45) is 5.92 Å². The Labute approximate surface area is 103 Å². The first-order valence-corrected chi connectivity index (χ1v) is 6.48. The van der Waals surface area contributed by atoms with E-state index in [1.165, 1.54) is 11.3 Å². The summed E-state index contributed by atoms with van der Waals surface area (Å²) in [6.45, 7) is 2.56. The zero-order valence-electron chi connectivity index (χ0n) is 8.23. The number of anilines is 1. The first kappa shape index (κ1) is 11.2. The lowest BCUT2D eigenvalue weighted by molar-refractivity contribution is -0.117. The molecule has 0 saturated carbocycles. The maximum Gasteiger partial charge on any atom is 0.229 e. The number of carbonyl (C=O) groups is 1. The third-order valence-electron chi connectivity index (χ3n) is 2.42. The Morgan fingerprint density at radius 1 is 1.73 bits per heavy atom. The van der Waals surface area contributed by atoms with E-state index in [4.69, 9.17) is 11.6 Å². The molecule has 3 nitrogen and oxygen atoms in total. The minimum Gasteiger partial charge on any atom is -0.288 e. The van der Waals surface area contributed by atoms with Crippen molar-refractivity contribution in [3.63, 3.8) is 0 Å². The van der Waals surface area contributed by atoms with Gasteiger partial charge in [-0.3, -0.25) is 9.69 Å². The number of nitrogens with zero attached hydrogens (tertiary/aromatic N) is 2. The van der Waals surface area contributed by atoms with Crippen LogP contribution in [0.15, 0.2) is 0 Å². The summed E-state index contributed by atoms with van der Waals surface area (Å²) in [6, 6.07) is 0. The Bertz CT molecular complexity index is 374. The fourth-order valence-electron chi connectivity index (χ4n) is 1.57. The van der Waals surface area contributed by atoms with Crippen molar-refractivity contribution >= 4 is 46.6 Å². The van der Waals surface area contributed by atoms with Crippen LogP contribution in [0, 0.1) is 12.8 Å². The summed E-state index contributed by atoms with van der Waals surface area (Å²) >= 11 is 11.5. The summed E-state index contributed by atoms with van der Waals surface area (Å²) in [6.07, 6.45) is 0.569. The quantitative estimate of drug-likeness (QED) is 0.831. The molecule has 0 radical (unpaired) electrons. The SMILES string of the molecule is Cc1nc(N2CC(CS)CC2=O)sc1Cl. The molecule has 1 amide bonds. The van der Waals surface area contributed by atoms with E-state index in [2.05, 4.69) is 17.6 Å². The molecule has 2 rings (SSSR count). The van der Waals surface area contributed by atoms with E-state index < -0.39 is 0 Å². The number of rotatable bonds is 2. The summed E-state index contributed by atoms with van der Waals surface area (Å²) in [5.41, 5.74) is 0.791. The first-order valence-electron chi connectivity index (χ1n) is 4.66. The van der Waals surface area contributed by atoms with Crippen molar-refractivity contribution < 1.29 is 4.79 Å². The largest absolute Gasteiger partial charge is 0.288 e. The Hall–Kier alpha value is -0.260. The van der Waals surface area contributed by atoms with Gasteiger partial charge in [-0.2, -0.15) is 12.6 Å². The van der Waals surface area contributed by atoms with E-state index in [0.717, 1.165) is 11.4 Å². The molecule has 1 aliphatic heterocycles. The highest BCUT2D eigenvalue weighted by molar-refractivity contribution is 7.80. The topological polar surface area (TPSA) is 33.2 Å². The number of hydrogen-bond donors (Lipinski definition) is 1. The van der Waals surface area contributed by atoms with Crippen LogP contribution in [0.25, 0.3) is 0 Å². The Morgan fingerprint density at radius 2 is 2.47 bits per heavy atom. The molecular weight excluding hydrogens is 252 g/mol. The summed E-state index contributed by atoms with van der Waals surface area (Å²) in [5, 5.41) is 0.715. The highest BCUT2D eigenvalue weighted by Crippen LogP contribution is 2.33. The molecule has 1 fully saturated rings. The fourth-order valence-corrected chi connectivity index (χ4v) is 2.89. The number of hydrogen-bond acceptors (Lipinski definition) is 4. The van der Waals surface area contributed by atoms with Crippen LogP contribution in [0.1, 0.15) is 12.1 Å². The van der Waals surface area contributed by atoms with E-state index in [1.807, 2.05) is 6.92 Å². The summed E-state index contributed by atoms with van der Waals surface area (Å²) in [5.74, 6) is 1.20. The zero-order valence-corrected chi connectivity index (χ0v) is 10.7. The summed E-state index contributed by atoms with van der Waals surface area (Å²) < 4.78 is 0.659. The van der Waals surface area contributed by atoms with Crippen LogP contribution in [0.5, 0.6) is 0 Å². The van der Waals surface area contributed by atoms with Crippen molar-refractivity contribution in [3.8, 4) is 0 Å². The molecule has 1 aliphatic rings. The van der Waals surface area contributed by atoms with E-state index in [9.17, 15) is 4.79 Å². The van der Waals surface area contributed by atoms with Gasteiger partial charge in [-0.15, -0.1) is 0 Å². The molecule has 82 valence electrons. The lowest BCUT2D eigenvalue weighted by atomic mass is 10.1. The lowest BCUT2D eigenvalue weighted by Crippen LogP contribution is -2.24. The van der Waals surface area contributed by atoms with Gasteiger partial charge in [0.05, 0.1) is 5.69 Å². The van der Waals surface area contributed by atoms with Crippen LogP contribution in [-0.2, 0) is 4.79 Å². The molecule has 0 aliphatic carbocycles. The van der Waals surface area contributed by atoms with Crippen LogP contribution in [-0.4, -0.2) is 23.2 Å². The van der Waals surface area contributed by atoms with Gasteiger partial charge in [-0.1, -0.05) is 22.9 Å². The average Bonchev–Trinajstić information content (AvgIpc) is 2.71. The van der Waals surface area contributed by atoms with Crippen molar-refractivity contribution in [2.45, 2.75) is 13.3 Å². The molecule has 1 atom stereocenters. The van der Waals surface area contributed by atoms with Gasteiger partial charge in [0, 0.05) is 13.0 Å². The van der Waals surface area contributed by atoms with Gasteiger partial charge >= 0.3 is 0 Å². The van der Waals surface area contributed by atoms with Crippen LogP contribution in [0.4, 0.5) is 5.13 Å². The zero-order chi connectivity index (χ0) is 11.0. The minimum absolute atomic E-state index is 0.125. The number of carbonyl (C=O) groups excluding carboxylic acids is 1. The summed E-state index contributed by atoms with van der Waals surface area (Å²) in [4.78, 5) is 17.7. The first-order chi connectivity index (χ1) is 7.11. The smallest absolute Gasteiger partial charge is 0.229 e. The third-order valence-corrected chi connectivity index (χ3v) is 4.41. The number of aromatic nitrogens is 1. The second-order valence-electron chi connectivity index (χ2n) is 3.61. The van der Waals surface area contributed by atoms with Crippen molar-refractivity contribution in [1.82, 2.24) is 4.98 Å². The fraction of sp³-hybridized carbons (Fsp3) is 0.556. The second-order valence-corrected chi connectivity index (χ2v) is 5.56. The molecule has 1 unspecified atom stereocenters. The molecule has 0 aromatic carbocycles. The predicted molar refractivity (Wildman–Crippen MR) is 66.2 cm³/mol. The van der Waals surface area contributed by atoms with Crippen molar-refractivity contribution in [1.29, 1.82) is 0 Å². The molecular formula is C9H11ClN2OS2. The number of halogens is 1. The normalized spacial score (nSPS) is 21.4. The number of thiazole rings is 1.